The summed E-state index contributed by atoms with van der Waals surface area (Å²) < 4.78 is 20.6. The van der Waals surface area contributed by atoms with Crippen molar-refractivity contribution < 1.29 is 8.91 Å². The molecule has 0 spiro atoms. The molecule has 6 heteroatoms. The van der Waals surface area contributed by atoms with Crippen molar-refractivity contribution in [2.45, 2.75) is 26.1 Å². The highest BCUT2D eigenvalue weighted by Crippen LogP contribution is 2.27. The average molecular weight is 312 g/mol. The number of hydrogen-bond acceptors (Lipinski definition) is 4. The predicted molar refractivity (Wildman–Crippen MR) is 82.9 cm³/mol. The normalized spacial score (nSPS) is 18.1. The van der Waals surface area contributed by atoms with Crippen LogP contribution in [0.2, 0.25) is 0 Å². The van der Waals surface area contributed by atoms with Crippen LogP contribution in [0.1, 0.15) is 24.6 Å². The predicted octanol–water partition coefficient (Wildman–Crippen LogP) is 3.25. The lowest BCUT2D eigenvalue weighted by Gasteiger charge is -2.33. The first-order chi connectivity index (χ1) is 11.2. The van der Waals surface area contributed by atoms with Crippen molar-refractivity contribution in [3.8, 4) is 11.4 Å². The SMILES string of the molecule is C[C@@H]1c2cccn2CCN1Cc1nc(-c2ccc(F)cc2)no1. The van der Waals surface area contributed by atoms with Gasteiger partial charge >= 0.3 is 0 Å². The molecule has 1 aromatic carbocycles. The van der Waals surface area contributed by atoms with Gasteiger partial charge in [0.05, 0.1) is 6.54 Å². The Kier molecular flexibility index (Phi) is 3.46. The molecule has 23 heavy (non-hydrogen) atoms. The molecule has 1 aliphatic rings. The van der Waals surface area contributed by atoms with Gasteiger partial charge in [-0.3, -0.25) is 4.90 Å². The van der Waals surface area contributed by atoms with Crippen LogP contribution in [0.5, 0.6) is 0 Å². The third-order valence-corrected chi connectivity index (χ3v) is 4.38. The summed E-state index contributed by atoms with van der Waals surface area (Å²) in [5.41, 5.74) is 2.05. The van der Waals surface area contributed by atoms with E-state index in [1.54, 1.807) is 12.1 Å². The van der Waals surface area contributed by atoms with Crippen LogP contribution >= 0.6 is 0 Å². The van der Waals surface area contributed by atoms with Gasteiger partial charge < -0.3 is 9.09 Å². The van der Waals surface area contributed by atoms with Crippen molar-refractivity contribution in [1.82, 2.24) is 19.6 Å². The molecule has 3 heterocycles. The molecule has 4 rings (SSSR count). The summed E-state index contributed by atoms with van der Waals surface area (Å²) in [6, 6.07) is 10.6. The third-order valence-electron chi connectivity index (χ3n) is 4.38. The van der Waals surface area contributed by atoms with Gasteiger partial charge in [-0.05, 0) is 43.3 Å². The Balaban J connectivity index is 1.51. The standard InChI is InChI=1S/C17H17FN4O/c1-12-15-3-2-8-21(15)9-10-22(12)11-16-19-17(20-23-16)13-4-6-14(18)7-5-13/h2-8,12H,9-11H2,1H3/t12-/m1/s1. The second-order valence-corrected chi connectivity index (χ2v) is 5.79. The van der Waals surface area contributed by atoms with Gasteiger partial charge in [0, 0.05) is 36.6 Å². The topological polar surface area (TPSA) is 47.1 Å². The van der Waals surface area contributed by atoms with Gasteiger partial charge in [-0.1, -0.05) is 5.16 Å². The quantitative estimate of drug-likeness (QED) is 0.745. The molecule has 0 bridgehead atoms. The summed E-state index contributed by atoms with van der Waals surface area (Å²) in [5.74, 6) is 0.798. The van der Waals surface area contributed by atoms with Crippen molar-refractivity contribution in [3.63, 3.8) is 0 Å². The monoisotopic (exact) mass is 312 g/mol. The molecule has 0 amide bonds. The number of benzene rings is 1. The molecular weight excluding hydrogens is 295 g/mol. The summed E-state index contributed by atoms with van der Waals surface area (Å²) >= 11 is 0. The molecule has 0 saturated carbocycles. The van der Waals surface area contributed by atoms with Gasteiger partial charge in [0.25, 0.3) is 0 Å². The Bertz CT molecular complexity index is 808. The van der Waals surface area contributed by atoms with E-state index in [0.717, 1.165) is 18.7 Å². The molecule has 5 nitrogen and oxygen atoms in total. The van der Waals surface area contributed by atoms with E-state index >= 15 is 0 Å². The molecule has 2 aromatic heterocycles. The van der Waals surface area contributed by atoms with E-state index < -0.39 is 0 Å². The second kappa shape index (κ2) is 5.62. The van der Waals surface area contributed by atoms with Crippen LogP contribution < -0.4 is 0 Å². The zero-order valence-electron chi connectivity index (χ0n) is 12.8. The van der Waals surface area contributed by atoms with E-state index in [1.165, 1.54) is 17.8 Å². The van der Waals surface area contributed by atoms with Crippen molar-refractivity contribution in [2.75, 3.05) is 6.54 Å². The number of aromatic nitrogens is 3. The van der Waals surface area contributed by atoms with Gasteiger partial charge in [0.2, 0.25) is 11.7 Å². The van der Waals surface area contributed by atoms with E-state index in [2.05, 4.69) is 44.9 Å². The first kappa shape index (κ1) is 14.1. The maximum atomic E-state index is 13.0. The summed E-state index contributed by atoms with van der Waals surface area (Å²) in [6.45, 7) is 4.70. The molecule has 0 N–H and O–H groups in total. The highest BCUT2D eigenvalue weighted by molar-refractivity contribution is 5.53. The number of halogens is 1. The highest BCUT2D eigenvalue weighted by atomic mass is 19.1. The third kappa shape index (κ3) is 2.66. The van der Waals surface area contributed by atoms with Crippen LogP contribution in [-0.4, -0.2) is 26.2 Å². The Morgan fingerprint density at radius 2 is 2.04 bits per heavy atom. The lowest BCUT2D eigenvalue weighted by molar-refractivity contribution is 0.141. The Morgan fingerprint density at radius 3 is 2.87 bits per heavy atom. The zero-order chi connectivity index (χ0) is 15.8. The molecule has 0 radical (unpaired) electrons. The second-order valence-electron chi connectivity index (χ2n) is 5.79. The maximum Gasteiger partial charge on any atom is 0.241 e. The zero-order valence-corrected chi connectivity index (χ0v) is 12.8. The largest absolute Gasteiger partial charge is 0.349 e. The van der Waals surface area contributed by atoms with Gasteiger partial charge in [-0.25, -0.2) is 4.39 Å². The molecule has 1 atom stereocenters. The summed E-state index contributed by atoms with van der Waals surface area (Å²) in [6.07, 6.45) is 2.11. The minimum Gasteiger partial charge on any atom is -0.349 e. The maximum absolute atomic E-state index is 13.0. The first-order valence-corrected chi connectivity index (χ1v) is 7.68. The van der Waals surface area contributed by atoms with Crippen LogP contribution in [-0.2, 0) is 13.1 Å². The van der Waals surface area contributed by atoms with E-state index in [0.29, 0.717) is 24.3 Å². The van der Waals surface area contributed by atoms with Crippen LogP contribution in [0.3, 0.4) is 0 Å². The van der Waals surface area contributed by atoms with E-state index in [9.17, 15) is 4.39 Å². The van der Waals surface area contributed by atoms with E-state index in [-0.39, 0.29) is 5.82 Å². The minimum absolute atomic E-state index is 0.275. The summed E-state index contributed by atoms with van der Waals surface area (Å²) in [4.78, 5) is 6.75. The van der Waals surface area contributed by atoms with Crippen LogP contribution in [0, 0.1) is 5.82 Å². The molecule has 0 unspecified atom stereocenters. The number of hydrogen-bond donors (Lipinski definition) is 0. The van der Waals surface area contributed by atoms with E-state index in [4.69, 9.17) is 4.52 Å². The Labute approximate surface area is 133 Å². The Hall–Kier alpha value is -2.47. The number of nitrogens with zero attached hydrogens (tertiary/aromatic N) is 4. The first-order valence-electron chi connectivity index (χ1n) is 7.68. The highest BCUT2D eigenvalue weighted by Gasteiger charge is 2.25. The molecule has 3 aromatic rings. The average Bonchev–Trinajstić information content (AvgIpc) is 3.20. The molecule has 118 valence electrons. The van der Waals surface area contributed by atoms with Crippen LogP contribution in [0.15, 0.2) is 47.1 Å². The van der Waals surface area contributed by atoms with Crippen molar-refractivity contribution in [2.24, 2.45) is 0 Å². The van der Waals surface area contributed by atoms with Gasteiger partial charge in [0.15, 0.2) is 0 Å². The van der Waals surface area contributed by atoms with Crippen LogP contribution in [0.25, 0.3) is 11.4 Å². The molecule has 1 aliphatic heterocycles. The van der Waals surface area contributed by atoms with Gasteiger partial charge in [0.1, 0.15) is 5.82 Å². The molecule has 0 aliphatic carbocycles. The molecular formula is C17H17FN4O. The van der Waals surface area contributed by atoms with Crippen molar-refractivity contribution in [3.05, 3.63) is 60.0 Å². The van der Waals surface area contributed by atoms with Crippen molar-refractivity contribution in [1.29, 1.82) is 0 Å². The van der Waals surface area contributed by atoms with Crippen LogP contribution in [0.4, 0.5) is 4.39 Å². The fourth-order valence-corrected chi connectivity index (χ4v) is 3.05. The summed E-state index contributed by atoms with van der Waals surface area (Å²) in [7, 11) is 0. The lowest BCUT2D eigenvalue weighted by atomic mass is 10.1. The fraction of sp³-hybridized carbons (Fsp3) is 0.294. The fourth-order valence-electron chi connectivity index (χ4n) is 3.05. The lowest BCUT2D eigenvalue weighted by Crippen LogP contribution is -2.35. The molecule has 0 fully saturated rings. The Morgan fingerprint density at radius 1 is 1.22 bits per heavy atom. The van der Waals surface area contributed by atoms with Crippen molar-refractivity contribution >= 4 is 0 Å². The smallest absolute Gasteiger partial charge is 0.241 e. The van der Waals surface area contributed by atoms with Gasteiger partial charge in [-0.15, -0.1) is 0 Å². The number of fused-ring (bicyclic) bond motifs is 1. The number of rotatable bonds is 3. The minimum atomic E-state index is -0.275. The van der Waals surface area contributed by atoms with E-state index in [1.807, 2.05) is 0 Å². The van der Waals surface area contributed by atoms with Gasteiger partial charge in [-0.2, -0.15) is 4.98 Å². The molecule has 0 saturated heterocycles. The summed E-state index contributed by atoms with van der Waals surface area (Å²) in [5, 5.41) is 4.00.